The summed E-state index contributed by atoms with van der Waals surface area (Å²) < 4.78 is 5.45. The maximum atomic E-state index is 12.3. The number of nitro groups is 1. The summed E-state index contributed by atoms with van der Waals surface area (Å²) >= 11 is 5.06. The van der Waals surface area contributed by atoms with Gasteiger partial charge < -0.3 is 14.8 Å². The van der Waals surface area contributed by atoms with Gasteiger partial charge in [0.2, 0.25) is 0 Å². The predicted octanol–water partition coefficient (Wildman–Crippen LogP) is 3.68. The van der Waals surface area contributed by atoms with E-state index < -0.39 is 16.8 Å². The number of rotatable bonds is 5. The number of carbonyl (C=O) groups excluding carboxylic acids is 1. The number of amides is 1. The van der Waals surface area contributed by atoms with Crippen LogP contribution in [0.5, 0.6) is 0 Å². The van der Waals surface area contributed by atoms with Crippen molar-refractivity contribution >= 4 is 40.6 Å². The quantitative estimate of drug-likeness (QED) is 0.329. The Bertz CT molecular complexity index is 1110. The molecule has 146 valence electrons. The first-order valence-electron chi connectivity index (χ1n) is 8.14. The van der Waals surface area contributed by atoms with Crippen molar-refractivity contribution in [3.63, 3.8) is 0 Å². The van der Waals surface area contributed by atoms with Crippen molar-refractivity contribution in [1.82, 2.24) is 5.32 Å². The molecule has 1 aromatic heterocycles. The van der Waals surface area contributed by atoms with Crippen LogP contribution in [0.4, 0.5) is 11.4 Å². The van der Waals surface area contributed by atoms with Gasteiger partial charge >= 0.3 is 5.97 Å². The number of carbonyl (C=O) groups is 2. The highest BCUT2D eigenvalue weighted by Gasteiger charge is 2.19. The molecule has 0 radical (unpaired) electrons. The lowest BCUT2D eigenvalue weighted by atomic mass is 10.1. The summed E-state index contributed by atoms with van der Waals surface area (Å²) in [6.07, 6.45) is 0. The SMILES string of the molecule is O=C(O)c1ccc(NC(=S)NC(=O)c2ccc(-c3ccccc3[N+](=O)[O-])o2)cc1. The zero-order valence-electron chi connectivity index (χ0n) is 14.6. The number of nitrogens with zero attached hydrogens (tertiary/aromatic N) is 1. The third kappa shape index (κ3) is 4.62. The molecule has 1 heterocycles. The van der Waals surface area contributed by atoms with Crippen LogP contribution in [-0.2, 0) is 0 Å². The molecular formula is C19H13N3O6S. The molecule has 0 bridgehead atoms. The van der Waals surface area contributed by atoms with Gasteiger partial charge in [-0.2, -0.15) is 0 Å². The molecule has 0 aliphatic rings. The average molecular weight is 411 g/mol. The van der Waals surface area contributed by atoms with E-state index in [0.29, 0.717) is 5.69 Å². The molecular weight excluding hydrogens is 398 g/mol. The van der Waals surface area contributed by atoms with Crippen LogP contribution in [-0.4, -0.2) is 27.0 Å². The standard InChI is InChI=1S/C19H13N3O6S/c23-17(21-19(29)20-12-7-5-11(6-8-12)18(24)25)16-10-9-15(28-16)13-3-1-2-4-14(13)22(26)27/h1-10H,(H,24,25)(H2,20,21,23,29). The highest BCUT2D eigenvalue weighted by Crippen LogP contribution is 2.30. The van der Waals surface area contributed by atoms with Crippen molar-refractivity contribution in [3.8, 4) is 11.3 Å². The first-order valence-corrected chi connectivity index (χ1v) is 8.55. The maximum absolute atomic E-state index is 12.3. The molecule has 29 heavy (non-hydrogen) atoms. The third-order valence-electron chi connectivity index (χ3n) is 3.81. The summed E-state index contributed by atoms with van der Waals surface area (Å²) in [5.41, 5.74) is 0.704. The fraction of sp³-hybridized carbons (Fsp3) is 0. The Morgan fingerprint density at radius 2 is 1.72 bits per heavy atom. The molecule has 0 fully saturated rings. The van der Waals surface area contributed by atoms with Gasteiger partial charge in [-0.1, -0.05) is 12.1 Å². The Morgan fingerprint density at radius 3 is 2.38 bits per heavy atom. The van der Waals surface area contributed by atoms with E-state index in [1.165, 1.54) is 54.6 Å². The number of anilines is 1. The lowest BCUT2D eigenvalue weighted by Gasteiger charge is -2.08. The largest absolute Gasteiger partial charge is 0.478 e. The monoisotopic (exact) mass is 411 g/mol. The number of nitro benzene ring substituents is 1. The number of aromatic carboxylic acids is 1. The van der Waals surface area contributed by atoms with Gasteiger partial charge in [0.15, 0.2) is 10.9 Å². The smallest absolute Gasteiger partial charge is 0.335 e. The summed E-state index contributed by atoms with van der Waals surface area (Å²) in [4.78, 5) is 33.8. The number of carboxylic acid groups (broad SMARTS) is 1. The minimum absolute atomic E-state index is 0.0262. The van der Waals surface area contributed by atoms with Crippen LogP contribution >= 0.6 is 12.2 Å². The van der Waals surface area contributed by atoms with Crippen molar-refractivity contribution in [2.24, 2.45) is 0 Å². The Balaban J connectivity index is 1.68. The summed E-state index contributed by atoms with van der Waals surface area (Å²) in [7, 11) is 0. The van der Waals surface area contributed by atoms with Crippen LogP contribution < -0.4 is 10.6 Å². The molecule has 1 amide bonds. The molecule has 0 unspecified atom stereocenters. The molecule has 2 aromatic carbocycles. The molecule has 0 saturated carbocycles. The predicted molar refractivity (Wildman–Crippen MR) is 108 cm³/mol. The number of carboxylic acids is 1. The number of benzene rings is 2. The summed E-state index contributed by atoms with van der Waals surface area (Å²) in [5.74, 6) is -1.61. The van der Waals surface area contributed by atoms with Gasteiger partial charge in [-0.25, -0.2) is 4.79 Å². The van der Waals surface area contributed by atoms with Crippen LogP contribution in [0, 0.1) is 10.1 Å². The Morgan fingerprint density at radius 1 is 1.03 bits per heavy atom. The molecule has 10 heteroatoms. The van der Waals surface area contributed by atoms with E-state index >= 15 is 0 Å². The van der Waals surface area contributed by atoms with E-state index in [4.69, 9.17) is 21.7 Å². The second-order valence-electron chi connectivity index (χ2n) is 5.73. The molecule has 3 N–H and O–H groups in total. The lowest BCUT2D eigenvalue weighted by molar-refractivity contribution is -0.384. The molecule has 0 atom stereocenters. The van der Waals surface area contributed by atoms with Crippen molar-refractivity contribution in [3.05, 3.63) is 82.1 Å². The minimum atomic E-state index is -1.06. The van der Waals surface area contributed by atoms with Gasteiger partial charge in [0.25, 0.3) is 11.6 Å². The van der Waals surface area contributed by atoms with E-state index in [1.807, 2.05) is 0 Å². The molecule has 9 nitrogen and oxygen atoms in total. The van der Waals surface area contributed by atoms with Crippen LogP contribution in [0.15, 0.2) is 65.1 Å². The molecule has 0 aliphatic heterocycles. The van der Waals surface area contributed by atoms with Crippen LogP contribution in [0.3, 0.4) is 0 Å². The zero-order valence-corrected chi connectivity index (χ0v) is 15.4. The van der Waals surface area contributed by atoms with E-state index in [-0.39, 0.29) is 33.4 Å². The van der Waals surface area contributed by atoms with Crippen molar-refractivity contribution in [2.75, 3.05) is 5.32 Å². The highest BCUT2D eigenvalue weighted by molar-refractivity contribution is 7.80. The van der Waals surface area contributed by atoms with Gasteiger partial charge in [0, 0.05) is 11.8 Å². The fourth-order valence-corrected chi connectivity index (χ4v) is 2.68. The van der Waals surface area contributed by atoms with Crippen LogP contribution in [0.1, 0.15) is 20.9 Å². The van der Waals surface area contributed by atoms with E-state index in [9.17, 15) is 19.7 Å². The van der Waals surface area contributed by atoms with Gasteiger partial charge in [-0.05, 0) is 54.7 Å². The topological polar surface area (TPSA) is 135 Å². The number of hydrogen-bond donors (Lipinski definition) is 3. The normalized spacial score (nSPS) is 10.2. The third-order valence-corrected chi connectivity index (χ3v) is 4.02. The zero-order chi connectivity index (χ0) is 21.0. The van der Waals surface area contributed by atoms with Crippen molar-refractivity contribution in [1.29, 1.82) is 0 Å². The van der Waals surface area contributed by atoms with Crippen molar-refractivity contribution < 1.29 is 24.0 Å². The summed E-state index contributed by atoms with van der Waals surface area (Å²) in [6.45, 7) is 0. The van der Waals surface area contributed by atoms with Crippen LogP contribution in [0.25, 0.3) is 11.3 Å². The first kappa shape index (κ1) is 19.7. The fourth-order valence-electron chi connectivity index (χ4n) is 2.47. The Labute approximate surface area is 169 Å². The van der Waals surface area contributed by atoms with Gasteiger partial charge in [0.05, 0.1) is 16.1 Å². The average Bonchev–Trinajstić information content (AvgIpc) is 3.18. The number of furan rings is 1. The van der Waals surface area contributed by atoms with Crippen LogP contribution in [0.2, 0.25) is 0 Å². The van der Waals surface area contributed by atoms with Gasteiger partial charge in [-0.15, -0.1) is 0 Å². The second-order valence-corrected chi connectivity index (χ2v) is 6.14. The van der Waals surface area contributed by atoms with Gasteiger partial charge in [-0.3, -0.25) is 20.2 Å². The summed E-state index contributed by atoms with van der Waals surface area (Å²) in [5, 5.41) is 25.2. The number of nitrogens with one attached hydrogen (secondary N) is 2. The molecule has 0 aliphatic carbocycles. The lowest BCUT2D eigenvalue weighted by Crippen LogP contribution is -2.33. The number of hydrogen-bond acceptors (Lipinski definition) is 6. The van der Waals surface area contributed by atoms with Crippen molar-refractivity contribution in [2.45, 2.75) is 0 Å². The van der Waals surface area contributed by atoms with E-state index in [0.717, 1.165) is 0 Å². The second kappa shape index (κ2) is 8.31. The molecule has 0 spiro atoms. The molecule has 0 saturated heterocycles. The maximum Gasteiger partial charge on any atom is 0.335 e. The Hall–Kier alpha value is -4.05. The summed E-state index contributed by atoms with van der Waals surface area (Å²) in [6, 6.07) is 14.6. The van der Waals surface area contributed by atoms with Gasteiger partial charge in [0.1, 0.15) is 5.76 Å². The first-order chi connectivity index (χ1) is 13.8. The molecule has 3 aromatic rings. The number of para-hydroxylation sites is 1. The minimum Gasteiger partial charge on any atom is -0.478 e. The molecule has 3 rings (SSSR count). The van der Waals surface area contributed by atoms with E-state index in [1.54, 1.807) is 6.07 Å². The highest BCUT2D eigenvalue weighted by atomic mass is 32.1. The van der Waals surface area contributed by atoms with E-state index in [2.05, 4.69) is 10.6 Å². The Kier molecular flexibility index (Phi) is 5.65. The number of thiocarbonyl (C=S) groups is 1.